The first kappa shape index (κ1) is 13.6. The summed E-state index contributed by atoms with van der Waals surface area (Å²) < 4.78 is 2.41. The summed E-state index contributed by atoms with van der Waals surface area (Å²) in [5, 5.41) is 3.38. The van der Waals surface area contributed by atoms with Gasteiger partial charge in [-0.25, -0.2) is 4.98 Å². The Hall–Kier alpha value is -0.830. The summed E-state index contributed by atoms with van der Waals surface area (Å²) in [5.41, 5.74) is 1.31. The van der Waals surface area contributed by atoms with E-state index in [0.717, 1.165) is 5.92 Å². The van der Waals surface area contributed by atoms with Gasteiger partial charge in [-0.05, 0) is 52.5 Å². The quantitative estimate of drug-likeness (QED) is 0.885. The molecule has 1 saturated carbocycles. The van der Waals surface area contributed by atoms with Gasteiger partial charge in [0.15, 0.2) is 0 Å². The second kappa shape index (κ2) is 5.43. The van der Waals surface area contributed by atoms with Crippen molar-refractivity contribution in [2.24, 2.45) is 5.92 Å². The molecule has 3 nitrogen and oxygen atoms in total. The van der Waals surface area contributed by atoms with Gasteiger partial charge in [-0.1, -0.05) is 13.3 Å². The molecule has 0 aromatic carbocycles. The van der Waals surface area contributed by atoms with Crippen molar-refractivity contribution in [3.05, 3.63) is 18.2 Å². The lowest BCUT2D eigenvalue weighted by atomic mass is 9.84. The third-order valence-corrected chi connectivity index (χ3v) is 4.72. The molecule has 18 heavy (non-hydrogen) atoms. The first-order valence-electron chi connectivity index (χ1n) is 7.29. The number of nitrogens with zero attached hydrogens (tertiary/aromatic N) is 2. The first-order valence-corrected chi connectivity index (χ1v) is 7.29. The Morgan fingerprint density at radius 2 is 2.00 bits per heavy atom. The molecule has 3 heteroatoms. The van der Waals surface area contributed by atoms with E-state index in [-0.39, 0.29) is 5.54 Å². The van der Waals surface area contributed by atoms with E-state index in [1.54, 1.807) is 0 Å². The zero-order valence-corrected chi connectivity index (χ0v) is 12.2. The number of hydrogen-bond acceptors (Lipinski definition) is 2. The summed E-state index contributed by atoms with van der Waals surface area (Å²) in [6.07, 6.45) is 10.7. The summed E-state index contributed by atoms with van der Waals surface area (Å²) in [7, 11) is 2.02. The maximum atomic E-state index is 4.37. The molecule has 0 atom stereocenters. The Labute approximate surface area is 111 Å². The monoisotopic (exact) mass is 249 g/mol. The number of aromatic nitrogens is 2. The standard InChI is InChI=1S/C15H27N3/c1-5-12-6-8-13(9-7-12)18-11-17-10-14(18)15(2,3)16-4/h10-13,16H,5-9H2,1-4H3. The van der Waals surface area contributed by atoms with Crippen LogP contribution in [0.2, 0.25) is 0 Å². The average molecular weight is 249 g/mol. The molecule has 1 fully saturated rings. The van der Waals surface area contributed by atoms with Crippen molar-refractivity contribution in [1.29, 1.82) is 0 Å². The van der Waals surface area contributed by atoms with Crippen LogP contribution in [0.25, 0.3) is 0 Å². The normalized spacial score (nSPS) is 25.3. The van der Waals surface area contributed by atoms with Crippen molar-refractivity contribution >= 4 is 0 Å². The largest absolute Gasteiger partial charge is 0.330 e. The number of imidazole rings is 1. The number of nitrogens with one attached hydrogen (secondary N) is 1. The fraction of sp³-hybridized carbons (Fsp3) is 0.800. The Kier molecular flexibility index (Phi) is 4.10. The van der Waals surface area contributed by atoms with Crippen LogP contribution in [-0.4, -0.2) is 16.6 Å². The SMILES string of the molecule is CCC1CCC(n2cncc2C(C)(C)NC)CC1. The van der Waals surface area contributed by atoms with Crippen LogP contribution < -0.4 is 5.32 Å². The Morgan fingerprint density at radius 1 is 1.33 bits per heavy atom. The minimum Gasteiger partial charge on any atom is -0.330 e. The first-order chi connectivity index (χ1) is 8.58. The molecule has 0 spiro atoms. The van der Waals surface area contributed by atoms with E-state index in [1.165, 1.54) is 37.8 Å². The van der Waals surface area contributed by atoms with E-state index < -0.39 is 0 Å². The van der Waals surface area contributed by atoms with Crippen LogP contribution >= 0.6 is 0 Å². The molecule has 0 bridgehead atoms. The lowest BCUT2D eigenvalue weighted by molar-refractivity contribution is 0.256. The number of rotatable bonds is 4. The molecule has 1 aromatic rings. The van der Waals surface area contributed by atoms with E-state index in [2.05, 4.69) is 35.6 Å². The van der Waals surface area contributed by atoms with Gasteiger partial charge in [0.2, 0.25) is 0 Å². The average Bonchev–Trinajstić information content (AvgIpc) is 2.89. The molecule has 0 aliphatic heterocycles. The highest BCUT2D eigenvalue weighted by atomic mass is 15.1. The molecular formula is C15H27N3. The Bertz CT molecular complexity index is 373. The molecule has 0 unspecified atom stereocenters. The van der Waals surface area contributed by atoms with Gasteiger partial charge in [0.25, 0.3) is 0 Å². The lowest BCUT2D eigenvalue weighted by Gasteiger charge is -2.33. The predicted octanol–water partition coefficient (Wildman–Crippen LogP) is 3.48. The third-order valence-electron chi connectivity index (χ3n) is 4.72. The minimum absolute atomic E-state index is 0.00188. The minimum atomic E-state index is -0.00188. The molecule has 1 aromatic heterocycles. The van der Waals surface area contributed by atoms with E-state index >= 15 is 0 Å². The molecule has 0 radical (unpaired) electrons. The lowest BCUT2D eigenvalue weighted by Crippen LogP contribution is -2.36. The van der Waals surface area contributed by atoms with Crippen LogP contribution in [0.1, 0.15) is 64.6 Å². The van der Waals surface area contributed by atoms with Crippen LogP contribution in [0.5, 0.6) is 0 Å². The van der Waals surface area contributed by atoms with Crippen molar-refractivity contribution in [2.45, 2.75) is 64.5 Å². The summed E-state index contributed by atoms with van der Waals surface area (Å²) in [4.78, 5) is 4.37. The van der Waals surface area contributed by atoms with Crippen LogP contribution in [-0.2, 0) is 5.54 Å². The van der Waals surface area contributed by atoms with Crippen LogP contribution in [0.3, 0.4) is 0 Å². The van der Waals surface area contributed by atoms with Gasteiger partial charge in [-0.15, -0.1) is 0 Å². The van der Waals surface area contributed by atoms with Gasteiger partial charge < -0.3 is 9.88 Å². The fourth-order valence-electron chi connectivity index (χ4n) is 3.04. The van der Waals surface area contributed by atoms with Gasteiger partial charge in [-0.2, -0.15) is 0 Å². The van der Waals surface area contributed by atoms with Crippen molar-refractivity contribution in [2.75, 3.05) is 7.05 Å². The topological polar surface area (TPSA) is 29.9 Å². The highest BCUT2D eigenvalue weighted by molar-refractivity contribution is 5.12. The van der Waals surface area contributed by atoms with Crippen molar-refractivity contribution in [3.63, 3.8) is 0 Å². The molecule has 0 amide bonds. The number of hydrogen-bond donors (Lipinski definition) is 1. The predicted molar refractivity (Wildman–Crippen MR) is 75.6 cm³/mol. The fourth-order valence-corrected chi connectivity index (χ4v) is 3.04. The van der Waals surface area contributed by atoms with E-state index in [0.29, 0.717) is 6.04 Å². The maximum Gasteiger partial charge on any atom is 0.0951 e. The third kappa shape index (κ3) is 2.61. The summed E-state index contributed by atoms with van der Waals surface area (Å²) in [5.74, 6) is 0.950. The van der Waals surface area contributed by atoms with Crippen LogP contribution in [0, 0.1) is 5.92 Å². The molecule has 1 aliphatic carbocycles. The second-order valence-corrected chi connectivity index (χ2v) is 6.14. The maximum absolute atomic E-state index is 4.37. The summed E-state index contributed by atoms with van der Waals surface area (Å²) >= 11 is 0. The van der Waals surface area contributed by atoms with Crippen LogP contribution in [0.15, 0.2) is 12.5 Å². The zero-order valence-electron chi connectivity index (χ0n) is 12.2. The molecule has 1 aliphatic rings. The second-order valence-electron chi connectivity index (χ2n) is 6.14. The van der Waals surface area contributed by atoms with E-state index in [9.17, 15) is 0 Å². The van der Waals surface area contributed by atoms with Gasteiger partial charge in [0, 0.05) is 6.04 Å². The van der Waals surface area contributed by atoms with Gasteiger partial charge in [-0.3, -0.25) is 0 Å². The van der Waals surface area contributed by atoms with Crippen molar-refractivity contribution in [3.8, 4) is 0 Å². The van der Waals surface area contributed by atoms with E-state index in [4.69, 9.17) is 0 Å². The molecule has 0 saturated heterocycles. The molecule has 2 rings (SSSR count). The van der Waals surface area contributed by atoms with Crippen LogP contribution in [0.4, 0.5) is 0 Å². The van der Waals surface area contributed by atoms with Gasteiger partial charge in [0.05, 0.1) is 23.8 Å². The highest BCUT2D eigenvalue weighted by Crippen LogP contribution is 2.35. The highest BCUT2D eigenvalue weighted by Gasteiger charge is 2.27. The van der Waals surface area contributed by atoms with E-state index in [1.807, 2.05) is 19.6 Å². The smallest absolute Gasteiger partial charge is 0.0951 e. The molecule has 102 valence electrons. The molecular weight excluding hydrogens is 222 g/mol. The van der Waals surface area contributed by atoms with Crippen molar-refractivity contribution < 1.29 is 0 Å². The van der Waals surface area contributed by atoms with Crippen molar-refractivity contribution in [1.82, 2.24) is 14.9 Å². The Morgan fingerprint density at radius 3 is 2.56 bits per heavy atom. The Balaban J connectivity index is 2.13. The van der Waals surface area contributed by atoms with Gasteiger partial charge in [0.1, 0.15) is 0 Å². The molecule has 1 N–H and O–H groups in total. The molecule has 1 heterocycles. The summed E-state index contributed by atoms with van der Waals surface area (Å²) in [6.45, 7) is 6.76. The zero-order chi connectivity index (χ0) is 13.2. The summed E-state index contributed by atoms with van der Waals surface area (Å²) in [6, 6.07) is 0.651. The van der Waals surface area contributed by atoms with Gasteiger partial charge >= 0.3 is 0 Å².